The molecule has 2 aliphatic rings. The van der Waals surface area contributed by atoms with Crippen LogP contribution in [-0.2, 0) is 14.3 Å². The lowest BCUT2D eigenvalue weighted by atomic mass is 9.72. The number of Topliss-reactive ketones (excluding diaryl/α,β-unsaturated/α-hetero) is 1. The number of esters is 1. The van der Waals surface area contributed by atoms with Crippen LogP contribution in [0.2, 0.25) is 10.0 Å². The minimum absolute atomic E-state index is 0.000459. The van der Waals surface area contributed by atoms with Crippen LogP contribution < -0.4 is 4.90 Å². The van der Waals surface area contributed by atoms with Gasteiger partial charge in [0, 0.05) is 40.1 Å². The van der Waals surface area contributed by atoms with Crippen LogP contribution in [0.3, 0.4) is 0 Å². The van der Waals surface area contributed by atoms with Crippen molar-refractivity contribution in [3.05, 3.63) is 111 Å². The van der Waals surface area contributed by atoms with Crippen molar-refractivity contribution in [3.8, 4) is 0 Å². The molecule has 7 heteroatoms. The first kappa shape index (κ1) is 24.3. The average Bonchev–Trinajstić information content (AvgIpc) is 2.88. The number of hydrogen-bond donors (Lipinski definition) is 0. The van der Waals surface area contributed by atoms with Gasteiger partial charge in [0.25, 0.3) is 0 Å². The van der Waals surface area contributed by atoms with Crippen molar-refractivity contribution in [1.82, 2.24) is 0 Å². The van der Waals surface area contributed by atoms with Crippen molar-refractivity contribution in [2.24, 2.45) is 0 Å². The van der Waals surface area contributed by atoms with Crippen LogP contribution in [0.4, 0.5) is 5.69 Å². The van der Waals surface area contributed by atoms with Crippen LogP contribution in [0.25, 0.3) is 0 Å². The Bertz CT molecular complexity index is 1380. The lowest BCUT2D eigenvalue weighted by molar-refractivity contribution is -0.120. The van der Waals surface area contributed by atoms with Crippen LogP contribution >= 0.6 is 23.2 Å². The number of benzene rings is 3. The normalized spacial score (nSPS) is 19.8. The van der Waals surface area contributed by atoms with E-state index < -0.39 is 11.9 Å². The van der Waals surface area contributed by atoms with Crippen molar-refractivity contribution in [2.45, 2.75) is 31.1 Å². The third kappa shape index (κ3) is 4.23. The second kappa shape index (κ2) is 9.92. The Morgan fingerprint density at radius 1 is 0.861 bits per heavy atom. The highest BCUT2D eigenvalue weighted by molar-refractivity contribution is 6.36. The third-order valence-corrected chi connectivity index (χ3v) is 7.56. The molecule has 3 aromatic rings. The molecular weight excluding hydrogens is 497 g/mol. The van der Waals surface area contributed by atoms with Gasteiger partial charge in [-0.3, -0.25) is 14.5 Å². The molecule has 0 bridgehead atoms. The van der Waals surface area contributed by atoms with Gasteiger partial charge >= 0.3 is 5.97 Å². The maximum absolute atomic E-state index is 13.8. The Kier molecular flexibility index (Phi) is 6.69. The van der Waals surface area contributed by atoms with Crippen molar-refractivity contribution in [2.75, 3.05) is 12.0 Å². The molecule has 0 saturated heterocycles. The van der Waals surface area contributed by atoms with E-state index in [2.05, 4.69) is 0 Å². The predicted molar refractivity (Wildman–Crippen MR) is 140 cm³/mol. The van der Waals surface area contributed by atoms with Crippen LogP contribution in [0.5, 0.6) is 0 Å². The first-order valence-corrected chi connectivity index (χ1v) is 12.4. The summed E-state index contributed by atoms with van der Waals surface area (Å²) in [6.45, 7) is 0. The van der Waals surface area contributed by atoms with Gasteiger partial charge in [0.15, 0.2) is 5.78 Å². The largest absolute Gasteiger partial charge is 0.465 e. The summed E-state index contributed by atoms with van der Waals surface area (Å²) in [7, 11) is 1.30. The number of rotatable bonds is 4. The maximum atomic E-state index is 13.8. The van der Waals surface area contributed by atoms with Gasteiger partial charge in [0.1, 0.15) is 0 Å². The molecule has 2 unspecified atom stereocenters. The predicted octanol–water partition coefficient (Wildman–Crippen LogP) is 6.70. The standard InChI is InChI=1S/C29H23Cl2NO4/c1-36-29(35)19-10-5-6-13-23(19)32-24-14-18(17-8-3-2-4-9-17)15-25(33)28(24)20(16-26(32)34)27-21(30)11-7-12-22(27)31/h2-13,18,20H,14-16H2,1H3. The van der Waals surface area contributed by atoms with Crippen molar-refractivity contribution >= 4 is 46.5 Å². The van der Waals surface area contributed by atoms with E-state index in [1.54, 1.807) is 42.5 Å². The van der Waals surface area contributed by atoms with Gasteiger partial charge in [0.2, 0.25) is 5.91 Å². The van der Waals surface area contributed by atoms with Crippen LogP contribution in [-0.4, -0.2) is 24.8 Å². The SMILES string of the molecule is COC(=O)c1ccccc1N1C(=O)CC(c2c(Cl)cccc2Cl)C2=C1CC(c1ccccc1)CC2=O. The molecule has 36 heavy (non-hydrogen) atoms. The van der Waals surface area contributed by atoms with Gasteiger partial charge in [-0.2, -0.15) is 0 Å². The molecule has 0 N–H and O–H groups in total. The zero-order chi connectivity index (χ0) is 25.4. The van der Waals surface area contributed by atoms with Gasteiger partial charge in [-0.1, -0.05) is 71.7 Å². The minimum atomic E-state index is -0.570. The van der Waals surface area contributed by atoms with E-state index in [4.69, 9.17) is 27.9 Å². The molecule has 0 radical (unpaired) electrons. The van der Waals surface area contributed by atoms with E-state index in [0.29, 0.717) is 45.4 Å². The van der Waals surface area contributed by atoms with E-state index >= 15 is 0 Å². The van der Waals surface area contributed by atoms with E-state index in [1.807, 2.05) is 30.3 Å². The Morgan fingerprint density at radius 2 is 1.53 bits per heavy atom. The summed E-state index contributed by atoms with van der Waals surface area (Å²) in [5, 5.41) is 0.821. The number of amides is 1. The summed E-state index contributed by atoms with van der Waals surface area (Å²) < 4.78 is 4.98. The second-order valence-corrected chi connectivity index (χ2v) is 9.74. The molecule has 0 fully saturated rings. The number of nitrogens with zero attached hydrogens (tertiary/aromatic N) is 1. The number of carbonyl (C=O) groups excluding carboxylic acids is 3. The second-order valence-electron chi connectivity index (χ2n) is 8.93. The molecule has 182 valence electrons. The fraction of sp³-hybridized carbons (Fsp3) is 0.207. The molecule has 5 nitrogen and oxygen atoms in total. The molecule has 5 rings (SSSR count). The number of para-hydroxylation sites is 1. The number of allylic oxidation sites excluding steroid dienone is 2. The summed E-state index contributed by atoms with van der Waals surface area (Å²) in [6, 6.07) is 21.7. The molecule has 2 atom stereocenters. The number of hydrogen-bond acceptors (Lipinski definition) is 4. The van der Waals surface area contributed by atoms with Crippen LogP contribution in [0, 0.1) is 0 Å². The first-order valence-electron chi connectivity index (χ1n) is 11.7. The molecule has 1 heterocycles. The molecular formula is C29H23Cl2NO4. The van der Waals surface area contributed by atoms with Crippen molar-refractivity contribution < 1.29 is 19.1 Å². The topological polar surface area (TPSA) is 63.7 Å². The molecule has 1 amide bonds. The summed E-state index contributed by atoms with van der Waals surface area (Å²) in [4.78, 5) is 41.7. The quantitative estimate of drug-likeness (QED) is 0.359. The molecule has 0 saturated carbocycles. The maximum Gasteiger partial charge on any atom is 0.339 e. The van der Waals surface area contributed by atoms with Gasteiger partial charge in [-0.05, 0) is 47.7 Å². The number of carbonyl (C=O) groups is 3. The molecule has 3 aromatic carbocycles. The summed E-state index contributed by atoms with van der Waals surface area (Å²) in [6.07, 6.45) is 0.756. The number of halogens is 2. The first-order chi connectivity index (χ1) is 17.4. The molecule has 1 aliphatic heterocycles. The lowest BCUT2D eigenvalue weighted by Crippen LogP contribution is -2.42. The van der Waals surface area contributed by atoms with Crippen molar-refractivity contribution in [1.29, 1.82) is 0 Å². The lowest BCUT2D eigenvalue weighted by Gasteiger charge is -2.41. The fourth-order valence-electron chi connectivity index (χ4n) is 5.32. The number of methoxy groups -OCH3 is 1. The van der Waals surface area contributed by atoms with Gasteiger partial charge in [0.05, 0.1) is 18.4 Å². The van der Waals surface area contributed by atoms with E-state index in [1.165, 1.54) is 12.0 Å². The van der Waals surface area contributed by atoms with Gasteiger partial charge in [-0.15, -0.1) is 0 Å². The Balaban J connectivity index is 1.73. The van der Waals surface area contributed by atoms with E-state index in [0.717, 1.165) is 5.56 Å². The summed E-state index contributed by atoms with van der Waals surface area (Å²) in [5.74, 6) is -1.54. The highest BCUT2D eigenvalue weighted by atomic mass is 35.5. The minimum Gasteiger partial charge on any atom is -0.465 e. The third-order valence-electron chi connectivity index (χ3n) is 6.90. The Labute approximate surface area is 219 Å². The number of ketones is 1. The van der Waals surface area contributed by atoms with Crippen LogP contribution in [0.1, 0.15) is 52.6 Å². The Morgan fingerprint density at radius 3 is 2.22 bits per heavy atom. The number of ether oxygens (including phenoxy) is 1. The van der Waals surface area contributed by atoms with Crippen LogP contribution in [0.15, 0.2) is 84.1 Å². The molecule has 0 aromatic heterocycles. The highest BCUT2D eigenvalue weighted by Gasteiger charge is 2.44. The van der Waals surface area contributed by atoms with Crippen molar-refractivity contribution in [3.63, 3.8) is 0 Å². The zero-order valence-corrected chi connectivity index (χ0v) is 21.1. The van der Waals surface area contributed by atoms with E-state index in [9.17, 15) is 14.4 Å². The summed E-state index contributed by atoms with van der Waals surface area (Å²) >= 11 is 13.1. The van der Waals surface area contributed by atoms with Gasteiger partial charge < -0.3 is 4.74 Å². The fourth-order valence-corrected chi connectivity index (χ4v) is 5.98. The van der Waals surface area contributed by atoms with E-state index in [-0.39, 0.29) is 29.6 Å². The van der Waals surface area contributed by atoms with Gasteiger partial charge in [-0.25, -0.2) is 4.79 Å². The average molecular weight is 520 g/mol. The number of anilines is 1. The highest BCUT2D eigenvalue weighted by Crippen LogP contribution is 2.49. The zero-order valence-electron chi connectivity index (χ0n) is 19.5. The summed E-state index contributed by atoms with van der Waals surface area (Å²) in [5.41, 5.74) is 3.35. The molecule has 1 aliphatic carbocycles. The Hall–Kier alpha value is -3.41. The molecule has 0 spiro atoms. The monoisotopic (exact) mass is 519 g/mol. The smallest absolute Gasteiger partial charge is 0.339 e.